The van der Waals surface area contributed by atoms with Crippen LogP contribution >= 0.6 is 22.9 Å². The summed E-state index contributed by atoms with van der Waals surface area (Å²) in [7, 11) is 0. The van der Waals surface area contributed by atoms with Crippen molar-refractivity contribution >= 4 is 22.9 Å². The summed E-state index contributed by atoms with van der Waals surface area (Å²) in [6.45, 7) is 2.04. The molecule has 1 aliphatic rings. The highest BCUT2D eigenvalue weighted by molar-refractivity contribution is 7.10. The molecule has 1 atom stereocenters. The van der Waals surface area contributed by atoms with Crippen molar-refractivity contribution in [2.24, 2.45) is 11.7 Å². The van der Waals surface area contributed by atoms with Gasteiger partial charge in [0, 0.05) is 10.9 Å². The maximum absolute atomic E-state index is 6.18. The monoisotopic (exact) mass is 229 g/mol. The van der Waals surface area contributed by atoms with Gasteiger partial charge in [0.2, 0.25) is 0 Å². The second-order valence-electron chi connectivity index (χ2n) is 4.24. The molecule has 0 radical (unpaired) electrons. The molecular weight excluding hydrogens is 214 g/mol. The van der Waals surface area contributed by atoms with E-state index in [1.165, 1.54) is 24.1 Å². The lowest BCUT2D eigenvalue weighted by Crippen LogP contribution is -2.19. The summed E-state index contributed by atoms with van der Waals surface area (Å²) in [6.07, 6.45) is 5.21. The summed E-state index contributed by atoms with van der Waals surface area (Å²) in [5.74, 6) is 0.850. The van der Waals surface area contributed by atoms with Gasteiger partial charge in [-0.2, -0.15) is 0 Å². The summed E-state index contributed by atoms with van der Waals surface area (Å²) in [4.78, 5) is 1.18. The molecule has 2 N–H and O–H groups in total. The fourth-order valence-electron chi connectivity index (χ4n) is 1.89. The minimum Gasteiger partial charge on any atom is -0.323 e. The van der Waals surface area contributed by atoms with Gasteiger partial charge in [-0.25, -0.2) is 0 Å². The largest absolute Gasteiger partial charge is 0.323 e. The lowest BCUT2D eigenvalue weighted by atomic mass is 9.81. The molecule has 1 saturated carbocycles. The lowest BCUT2D eigenvalue weighted by molar-refractivity contribution is 0.278. The predicted octanol–water partition coefficient (Wildman–Crippen LogP) is 3.90. The van der Waals surface area contributed by atoms with Gasteiger partial charge in [-0.15, -0.1) is 11.3 Å². The molecule has 14 heavy (non-hydrogen) atoms. The summed E-state index contributed by atoms with van der Waals surface area (Å²) in [6, 6.07) is 0.159. The van der Waals surface area contributed by atoms with Crippen LogP contribution in [0.5, 0.6) is 0 Å². The fourth-order valence-corrected chi connectivity index (χ4v) is 3.24. The second kappa shape index (κ2) is 4.21. The van der Waals surface area contributed by atoms with Crippen molar-refractivity contribution in [3.63, 3.8) is 0 Å². The van der Waals surface area contributed by atoms with Crippen LogP contribution in [0.1, 0.15) is 42.2 Å². The number of nitrogens with two attached hydrogens (primary N) is 1. The normalized spacial score (nSPS) is 19.4. The van der Waals surface area contributed by atoms with Crippen LogP contribution in [-0.2, 0) is 0 Å². The maximum atomic E-state index is 6.18. The Hall–Kier alpha value is -0.0500. The van der Waals surface area contributed by atoms with Crippen molar-refractivity contribution in [1.29, 1.82) is 0 Å². The number of hydrogen-bond acceptors (Lipinski definition) is 2. The van der Waals surface area contributed by atoms with Crippen LogP contribution in [0.15, 0.2) is 5.38 Å². The van der Waals surface area contributed by atoms with Crippen molar-refractivity contribution in [1.82, 2.24) is 0 Å². The lowest BCUT2D eigenvalue weighted by Gasteiger charge is -2.27. The molecule has 0 spiro atoms. The van der Waals surface area contributed by atoms with E-state index >= 15 is 0 Å². The topological polar surface area (TPSA) is 26.0 Å². The maximum Gasteiger partial charge on any atom is 0.0590 e. The van der Waals surface area contributed by atoms with Crippen LogP contribution in [0.4, 0.5) is 0 Å². The highest BCUT2D eigenvalue weighted by Gasteiger charge is 2.23. The molecule has 1 aliphatic carbocycles. The van der Waals surface area contributed by atoms with E-state index in [1.54, 1.807) is 11.3 Å². The van der Waals surface area contributed by atoms with Crippen LogP contribution in [0.3, 0.4) is 0 Å². The van der Waals surface area contributed by atoms with E-state index in [0.717, 1.165) is 22.9 Å². The van der Waals surface area contributed by atoms with Crippen molar-refractivity contribution in [3.05, 3.63) is 20.8 Å². The first-order chi connectivity index (χ1) is 6.68. The highest BCUT2D eigenvalue weighted by Crippen LogP contribution is 2.38. The number of thiophene rings is 1. The predicted molar refractivity (Wildman–Crippen MR) is 63.0 cm³/mol. The van der Waals surface area contributed by atoms with Gasteiger partial charge in [0.1, 0.15) is 0 Å². The standard InChI is InChI=1S/C11H16ClNS/c1-7-6-14-11(10(7)12)9(13)5-8-3-2-4-8/h6,8-9H,2-5,13H2,1H3. The third kappa shape index (κ3) is 1.97. The molecule has 1 fully saturated rings. The zero-order valence-corrected chi connectivity index (χ0v) is 10.00. The average molecular weight is 230 g/mol. The minimum absolute atomic E-state index is 0.159. The van der Waals surface area contributed by atoms with Gasteiger partial charge < -0.3 is 5.73 Å². The van der Waals surface area contributed by atoms with Crippen LogP contribution in [0.25, 0.3) is 0 Å². The summed E-state index contributed by atoms with van der Waals surface area (Å²) < 4.78 is 0. The van der Waals surface area contributed by atoms with Gasteiger partial charge in [-0.05, 0) is 30.2 Å². The van der Waals surface area contributed by atoms with Gasteiger partial charge in [0.25, 0.3) is 0 Å². The highest BCUT2D eigenvalue weighted by atomic mass is 35.5. The summed E-state index contributed by atoms with van der Waals surface area (Å²) in [5, 5.41) is 2.99. The van der Waals surface area contributed by atoms with Crippen molar-refractivity contribution in [2.45, 2.75) is 38.6 Å². The first kappa shape index (κ1) is 10.5. The molecular formula is C11H16ClNS. The number of aryl methyl sites for hydroxylation is 1. The van der Waals surface area contributed by atoms with E-state index in [4.69, 9.17) is 17.3 Å². The zero-order chi connectivity index (χ0) is 10.1. The van der Waals surface area contributed by atoms with Crippen LogP contribution in [0.2, 0.25) is 5.02 Å². The molecule has 78 valence electrons. The molecule has 1 aromatic rings. The SMILES string of the molecule is Cc1csc(C(N)CC2CCC2)c1Cl. The summed E-state index contributed by atoms with van der Waals surface area (Å²) in [5.41, 5.74) is 7.31. The summed E-state index contributed by atoms with van der Waals surface area (Å²) >= 11 is 7.88. The quantitative estimate of drug-likeness (QED) is 0.836. The van der Waals surface area contributed by atoms with E-state index in [9.17, 15) is 0 Å². The van der Waals surface area contributed by atoms with E-state index in [1.807, 2.05) is 6.92 Å². The molecule has 1 unspecified atom stereocenters. The Labute approximate surface area is 94.3 Å². The third-order valence-corrected chi connectivity index (χ3v) is 4.92. The van der Waals surface area contributed by atoms with Crippen LogP contribution in [0, 0.1) is 12.8 Å². The van der Waals surface area contributed by atoms with E-state index in [2.05, 4.69) is 5.38 Å². The van der Waals surface area contributed by atoms with Crippen molar-refractivity contribution < 1.29 is 0 Å². The fraction of sp³-hybridized carbons (Fsp3) is 0.636. The zero-order valence-electron chi connectivity index (χ0n) is 8.42. The molecule has 1 aromatic heterocycles. The van der Waals surface area contributed by atoms with Gasteiger partial charge in [-0.3, -0.25) is 0 Å². The Kier molecular flexibility index (Phi) is 3.15. The molecule has 0 aromatic carbocycles. The first-order valence-corrected chi connectivity index (χ1v) is 6.43. The van der Waals surface area contributed by atoms with Crippen LogP contribution < -0.4 is 5.73 Å². The van der Waals surface area contributed by atoms with E-state index < -0.39 is 0 Å². The van der Waals surface area contributed by atoms with Gasteiger partial charge in [0.05, 0.1) is 5.02 Å². The van der Waals surface area contributed by atoms with Gasteiger partial charge >= 0.3 is 0 Å². The van der Waals surface area contributed by atoms with E-state index in [0.29, 0.717) is 0 Å². The van der Waals surface area contributed by atoms with Crippen molar-refractivity contribution in [2.75, 3.05) is 0 Å². The second-order valence-corrected chi connectivity index (χ2v) is 5.53. The Bertz CT molecular complexity index is 317. The Morgan fingerprint density at radius 3 is 2.79 bits per heavy atom. The average Bonchev–Trinajstić information content (AvgIpc) is 2.41. The molecule has 3 heteroatoms. The molecule has 2 rings (SSSR count). The number of halogens is 1. The smallest absolute Gasteiger partial charge is 0.0590 e. The first-order valence-electron chi connectivity index (χ1n) is 5.17. The van der Waals surface area contributed by atoms with Crippen LogP contribution in [-0.4, -0.2) is 0 Å². The van der Waals surface area contributed by atoms with Gasteiger partial charge in [0.15, 0.2) is 0 Å². The molecule has 1 heterocycles. The Balaban J connectivity index is 2.02. The minimum atomic E-state index is 0.159. The third-order valence-electron chi connectivity index (χ3n) is 3.07. The molecule has 0 bridgehead atoms. The van der Waals surface area contributed by atoms with E-state index in [-0.39, 0.29) is 6.04 Å². The molecule has 1 nitrogen and oxygen atoms in total. The Morgan fingerprint density at radius 2 is 2.36 bits per heavy atom. The van der Waals surface area contributed by atoms with Gasteiger partial charge in [-0.1, -0.05) is 30.9 Å². The molecule has 0 aliphatic heterocycles. The Morgan fingerprint density at radius 1 is 1.64 bits per heavy atom. The van der Waals surface area contributed by atoms with Crippen molar-refractivity contribution in [3.8, 4) is 0 Å². The number of rotatable bonds is 3. The molecule has 0 amide bonds. The number of hydrogen-bond donors (Lipinski definition) is 1. The molecule has 0 saturated heterocycles.